The first kappa shape index (κ1) is 18.7. The monoisotopic (exact) mass is 314 g/mol. The second-order valence-electron chi connectivity index (χ2n) is 5.32. The van der Waals surface area contributed by atoms with Crippen LogP contribution in [0.5, 0.6) is 0 Å². The van der Waals surface area contributed by atoms with E-state index in [1.54, 1.807) is 12.1 Å². The van der Waals surface area contributed by atoms with E-state index in [0.29, 0.717) is 5.82 Å². The van der Waals surface area contributed by atoms with Crippen LogP contribution in [0.25, 0.3) is 0 Å². The minimum absolute atomic E-state index is 0.0288. The smallest absolute Gasteiger partial charge is 0.307 e. The van der Waals surface area contributed by atoms with Gasteiger partial charge in [-0.1, -0.05) is 45.1 Å². The van der Waals surface area contributed by atoms with Crippen molar-refractivity contribution in [2.75, 3.05) is 5.32 Å². The second-order valence-corrected chi connectivity index (χ2v) is 5.32. The van der Waals surface area contributed by atoms with Crippen molar-refractivity contribution in [3.8, 4) is 0 Å². The molecule has 0 aliphatic carbocycles. The van der Waals surface area contributed by atoms with E-state index in [1.807, 2.05) is 19.1 Å². The van der Waals surface area contributed by atoms with E-state index in [2.05, 4.69) is 36.8 Å². The second kappa shape index (κ2) is 9.62. The SMILES string of the molecule is C=C(/N=C(CC)\C(=C/C)CCC)Nc1ccc(CC(=O)O)cc1. The average Bonchev–Trinajstić information content (AvgIpc) is 2.52. The van der Waals surface area contributed by atoms with Gasteiger partial charge < -0.3 is 10.4 Å². The maximum absolute atomic E-state index is 10.7. The quantitative estimate of drug-likeness (QED) is 0.644. The Labute approximate surface area is 138 Å². The maximum atomic E-state index is 10.7. The molecule has 1 aromatic rings. The Kier molecular flexibility index (Phi) is 7.81. The van der Waals surface area contributed by atoms with Crippen LogP contribution in [0.15, 0.2) is 53.3 Å². The zero-order valence-corrected chi connectivity index (χ0v) is 14.2. The molecule has 4 heteroatoms. The Morgan fingerprint density at radius 3 is 2.43 bits per heavy atom. The molecule has 0 aromatic heterocycles. The highest BCUT2D eigenvalue weighted by molar-refractivity contribution is 6.00. The zero-order chi connectivity index (χ0) is 17.2. The highest BCUT2D eigenvalue weighted by Crippen LogP contribution is 2.15. The van der Waals surface area contributed by atoms with Crippen LogP contribution in [0.2, 0.25) is 0 Å². The molecule has 23 heavy (non-hydrogen) atoms. The fraction of sp³-hybridized carbons (Fsp3) is 0.368. The van der Waals surface area contributed by atoms with Gasteiger partial charge in [0.2, 0.25) is 0 Å². The molecule has 0 aliphatic heterocycles. The van der Waals surface area contributed by atoms with Crippen LogP contribution in [0, 0.1) is 0 Å². The van der Waals surface area contributed by atoms with Gasteiger partial charge in [-0.25, -0.2) is 4.99 Å². The van der Waals surface area contributed by atoms with Crippen molar-refractivity contribution in [3.05, 3.63) is 53.9 Å². The van der Waals surface area contributed by atoms with Gasteiger partial charge in [0.15, 0.2) is 0 Å². The molecule has 0 saturated heterocycles. The summed E-state index contributed by atoms with van der Waals surface area (Å²) in [5, 5.41) is 11.9. The number of rotatable bonds is 9. The van der Waals surface area contributed by atoms with E-state index in [0.717, 1.165) is 36.2 Å². The van der Waals surface area contributed by atoms with Gasteiger partial charge in [0, 0.05) is 11.4 Å². The zero-order valence-electron chi connectivity index (χ0n) is 14.2. The minimum Gasteiger partial charge on any atom is -0.481 e. The summed E-state index contributed by atoms with van der Waals surface area (Å²) in [6, 6.07) is 7.27. The third-order valence-corrected chi connectivity index (χ3v) is 3.44. The summed E-state index contributed by atoms with van der Waals surface area (Å²) in [6.45, 7) is 10.2. The molecule has 4 nitrogen and oxygen atoms in total. The first-order chi connectivity index (χ1) is 11.0. The molecule has 124 valence electrons. The molecule has 0 bridgehead atoms. The number of nitrogens with one attached hydrogen (secondary N) is 1. The van der Waals surface area contributed by atoms with Gasteiger partial charge in [0.1, 0.15) is 5.82 Å². The average molecular weight is 314 g/mol. The molecule has 0 radical (unpaired) electrons. The topological polar surface area (TPSA) is 61.7 Å². The molecular formula is C19H26N2O2. The number of carboxylic acids is 1. The molecule has 1 aromatic carbocycles. The molecule has 0 spiro atoms. The molecule has 1 rings (SSSR count). The number of hydrogen-bond donors (Lipinski definition) is 2. The van der Waals surface area contributed by atoms with Crippen LogP contribution in [0.1, 0.15) is 45.6 Å². The lowest BCUT2D eigenvalue weighted by Gasteiger charge is -2.11. The van der Waals surface area contributed by atoms with Crippen LogP contribution in [0.4, 0.5) is 5.69 Å². The summed E-state index contributed by atoms with van der Waals surface area (Å²) >= 11 is 0. The van der Waals surface area contributed by atoms with Crippen molar-refractivity contribution in [3.63, 3.8) is 0 Å². The summed E-state index contributed by atoms with van der Waals surface area (Å²) in [6.07, 6.45) is 5.10. The fourth-order valence-corrected chi connectivity index (χ4v) is 2.34. The number of carboxylic acid groups (broad SMARTS) is 1. The van der Waals surface area contributed by atoms with Crippen molar-refractivity contribution in [2.24, 2.45) is 4.99 Å². The number of nitrogens with zero attached hydrogens (tertiary/aromatic N) is 1. The van der Waals surface area contributed by atoms with E-state index in [4.69, 9.17) is 5.11 Å². The van der Waals surface area contributed by atoms with Crippen LogP contribution >= 0.6 is 0 Å². The van der Waals surface area contributed by atoms with Crippen molar-refractivity contribution in [1.29, 1.82) is 0 Å². The minimum atomic E-state index is -0.831. The predicted molar refractivity (Wildman–Crippen MR) is 96.9 cm³/mol. The lowest BCUT2D eigenvalue weighted by molar-refractivity contribution is -0.136. The van der Waals surface area contributed by atoms with Gasteiger partial charge in [-0.15, -0.1) is 0 Å². The van der Waals surface area contributed by atoms with E-state index in [-0.39, 0.29) is 6.42 Å². The molecule has 0 fully saturated rings. The molecule has 0 atom stereocenters. The first-order valence-electron chi connectivity index (χ1n) is 7.99. The molecule has 0 unspecified atom stereocenters. The maximum Gasteiger partial charge on any atom is 0.307 e. The van der Waals surface area contributed by atoms with Crippen LogP contribution in [-0.4, -0.2) is 16.8 Å². The summed E-state index contributed by atoms with van der Waals surface area (Å²) in [4.78, 5) is 15.3. The molecule has 0 aliphatic rings. The van der Waals surface area contributed by atoms with Gasteiger partial charge in [-0.05, 0) is 43.0 Å². The Morgan fingerprint density at radius 1 is 1.30 bits per heavy atom. The number of hydrogen-bond acceptors (Lipinski definition) is 3. The Morgan fingerprint density at radius 2 is 1.96 bits per heavy atom. The third-order valence-electron chi connectivity index (χ3n) is 3.44. The first-order valence-corrected chi connectivity index (χ1v) is 7.99. The predicted octanol–water partition coefficient (Wildman–Crippen LogP) is 4.79. The van der Waals surface area contributed by atoms with E-state index < -0.39 is 5.97 Å². The van der Waals surface area contributed by atoms with E-state index in [9.17, 15) is 4.79 Å². The number of anilines is 1. The largest absolute Gasteiger partial charge is 0.481 e. The van der Waals surface area contributed by atoms with Gasteiger partial charge in [-0.2, -0.15) is 0 Å². The Balaban J connectivity index is 2.77. The number of aliphatic imine (C=N–C) groups is 1. The van der Waals surface area contributed by atoms with E-state index in [1.165, 1.54) is 5.57 Å². The summed E-state index contributed by atoms with van der Waals surface area (Å²) in [5.74, 6) is -0.245. The lowest BCUT2D eigenvalue weighted by Crippen LogP contribution is -2.05. The Hall–Kier alpha value is -2.36. The standard InChI is InChI=1S/C19H26N2O2/c1-5-8-16(6-2)18(7-3)21-14(4)20-17-11-9-15(10-12-17)13-19(22)23/h6,9-12,20H,4-5,7-8,13H2,1-3H3,(H,22,23)/b16-6-,21-18-. The van der Waals surface area contributed by atoms with Gasteiger partial charge in [0.05, 0.1) is 6.42 Å². The van der Waals surface area contributed by atoms with E-state index >= 15 is 0 Å². The molecular weight excluding hydrogens is 288 g/mol. The molecule has 0 amide bonds. The normalized spacial score (nSPS) is 12.1. The number of benzene rings is 1. The highest BCUT2D eigenvalue weighted by Gasteiger charge is 2.05. The number of aliphatic carboxylic acids is 1. The van der Waals surface area contributed by atoms with Gasteiger partial charge in [0.25, 0.3) is 0 Å². The van der Waals surface area contributed by atoms with Gasteiger partial charge >= 0.3 is 5.97 Å². The van der Waals surface area contributed by atoms with Crippen molar-refractivity contribution in [2.45, 2.75) is 46.5 Å². The highest BCUT2D eigenvalue weighted by atomic mass is 16.4. The lowest BCUT2D eigenvalue weighted by atomic mass is 10.0. The third kappa shape index (κ3) is 6.51. The van der Waals surface area contributed by atoms with Crippen molar-refractivity contribution < 1.29 is 9.90 Å². The number of carbonyl (C=O) groups is 1. The molecule has 2 N–H and O–H groups in total. The summed E-state index contributed by atoms with van der Waals surface area (Å²) < 4.78 is 0. The molecule has 0 heterocycles. The van der Waals surface area contributed by atoms with Crippen LogP contribution in [-0.2, 0) is 11.2 Å². The van der Waals surface area contributed by atoms with Crippen LogP contribution in [0.3, 0.4) is 0 Å². The number of allylic oxidation sites excluding steroid dienone is 2. The van der Waals surface area contributed by atoms with Crippen molar-refractivity contribution in [1.82, 2.24) is 0 Å². The summed E-state index contributed by atoms with van der Waals surface area (Å²) in [7, 11) is 0. The molecule has 0 saturated carbocycles. The fourth-order valence-electron chi connectivity index (χ4n) is 2.34. The van der Waals surface area contributed by atoms with Crippen LogP contribution < -0.4 is 5.32 Å². The Bertz CT molecular complexity index is 598. The van der Waals surface area contributed by atoms with Gasteiger partial charge in [-0.3, -0.25) is 4.79 Å². The summed E-state index contributed by atoms with van der Waals surface area (Å²) in [5.41, 5.74) is 3.93. The van der Waals surface area contributed by atoms with Crippen molar-refractivity contribution >= 4 is 17.4 Å².